The fourth-order valence-electron chi connectivity index (χ4n) is 0.876. The molecule has 0 aliphatic carbocycles. The molecule has 0 aliphatic rings. The molecule has 0 radical (unpaired) electrons. The van der Waals surface area contributed by atoms with E-state index in [1.54, 1.807) is 20.9 Å². The van der Waals surface area contributed by atoms with Crippen LogP contribution >= 0.6 is 0 Å². The SMILES string of the molecule is CNC(=O)CC(C)NCC(C)(C)O. The molecule has 1 amide bonds. The van der Waals surface area contributed by atoms with Gasteiger partial charge >= 0.3 is 0 Å². The minimum absolute atomic E-state index is 0.00995. The van der Waals surface area contributed by atoms with Gasteiger partial charge in [0.15, 0.2) is 0 Å². The Morgan fingerprint density at radius 3 is 2.46 bits per heavy atom. The molecule has 1 atom stereocenters. The van der Waals surface area contributed by atoms with Crippen LogP contribution in [0.5, 0.6) is 0 Å². The van der Waals surface area contributed by atoms with E-state index in [0.717, 1.165) is 0 Å². The van der Waals surface area contributed by atoms with Gasteiger partial charge in [-0.3, -0.25) is 4.79 Å². The van der Waals surface area contributed by atoms with Crippen LogP contribution in [0, 0.1) is 0 Å². The van der Waals surface area contributed by atoms with E-state index in [0.29, 0.717) is 13.0 Å². The number of hydrogen-bond donors (Lipinski definition) is 3. The van der Waals surface area contributed by atoms with Crippen LogP contribution in [0.15, 0.2) is 0 Å². The Morgan fingerprint density at radius 1 is 1.54 bits per heavy atom. The van der Waals surface area contributed by atoms with Gasteiger partial charge in [0.2, 0.25) is 5.91 Å². The summed E-state index contributed by atoms with van der Waals surface area (Å²) in [7, 11) is 1.62. The highest BCUT2D eigenvalue weighted by atomic mass is 16.3. The molecule has 0 spiro atoms. The summed E-state index contributed by atoms with van der Waals surface area (Å²) in [5.41, 5.74) is -0.725. The van der Waals surface area contributed by atoms with Gasteiger partial charge in [-0.15, -0.1) is 0 Å². The summed E-state index contributed by atoms with van der Waals surface area (Å²) < 4.78 is 0. The Bertz CT molecular complexity index is 163. The number of rotatable bonds is 5. The van der Waals surface area contributed by atoms with Crippen molar-refractivity contribution in [1.29, 1.82) is 0 Å². The molecule has 1 unspecified atom stereocenters. The Labute approximate surface area is 79.7 Å². The molecule has 0 aromatic rings. The molecule has 4 nitrogen and oxygen atoms in total. The van der Waals surface area contributed by atoms with E-state index in [-0.39, 0.29) is 11.9 Å². The largest absolute Gasteiger partial charge is 0.389 e. The summed E-state index contributed by atoms with van der Waals surface area (Å²) in [5.74, 6) is 0.00995. The number of nitrogens with one attached hydrogen (secondary N) is 2. The molecule has 0 saturated carbocycles. The van der Waals surface area contributed by atoms with E-state index in [1.165, 1.54) is 0 Å². The van der Waals surface area contributed by atoms with Crippen molar-refractivity contribution in [2.45, 2.75) is 38.8 Å². The summed E-state index contributed by atoms with van der Waals surface area (Å²) in [6.45, 7) is 5.87. The molecule has 0 bridgehead atoms. The average Bonchev–Trinajstić information content (AvgIpc) is 1.99. The first-order valence-corrected chi connectivity index (χ1v) is 4.51. The normalized spacial score (nSPS) is 13.9. The number of hydrogen-bond acceptors (Lipinski definition) is 3. The maximum atomic E-state index is 10.9. The fourth-order valence-corrected chi connectivity index (χ4v) is 0.876. The van der Waals surface area contributed by atoms with Crippen molar-refractivity contribution in [1.82, 2.24) is 10.6 Å². The molecule has 0 rings (SSSR count). The third-order valence-corrected chi connectivity index (χ3v) is 1.65. The van der Waals surface area contributed by atoms with Crippen molar-refractivity contribution in [3.63, 3.8) is 0 Å². The summed E-state index contributed by atoms with van der Waals surface area (Å²) >= 11 is 0. The zero-order valence-electron chi connectivity index (χ0n) is 8.85. The number of aliphatic hydroxyl groups is 1. The van der Waals surface area contributed by atoms with Gasteiger partial charge < -0.3 is 15.7 Å². The van der Waals surface area contributed by atoms with Crippen molar-refractivity contribution in [3.8, 4) is 0 Å². The lowest BCUT2D eigenvalue weighted by Gasteiger charge is -2.21. The minimum atomic E-state index is -0.725. The summed E-state index contributed by atoms with van der Waals surface area (Å²) in [6, 6.07) is 0.0892. The first-order chi connectivity index (χ1) is 5.85. The van der Waals surface area contributed by atoms with E-state index < -0.39 is 5.60 Å². The van der Waals surface area contributed by atoms with E-state index >= 15 is 0 Å². The number of carbonyl (C=O) groups is 1. The Kier molecular flexibility index (Phi) is 4.95. The van der Waals surface area contributed by atoms with Gasteiger partial charge in [0.25, 0.3) is 0 Å². The van der Waals surface area contributed by atoms with Gasteiger partial charge in [-0.05, 0) is 20.8 Å². The van der Waals surface area contributed by atoms with Crippen LogP contribution < -0.4 is 10.6 Å². The van der Waals surface area contributed by atoms with E-state index in [2.05, 4.69) is 10.6 Å². The third-order valence-electron chi connectivity index (χ3n) is 1.65. The smallest absolute Gasteiger partial charge is 0.221 e. The van der Waals surface area contributed by atoms with Crippen LogP contribution in [-0.4, -0.2) is 36.2 Å². The highest BCUT2D eigenvalue weighted by Crippen LogP contribution is 1.99. The van der Waals surface area contributed by atoms with Crippen molar-refractivity contribution in [3.05, 3.63) is 0 Å². The Balaban J connectivity index is 3.63. The van der Waals surface area contributed by atoms with Crippen molar-refractivity contribution >= 4 is 5.91 Å². The zero-order valence-corrected chi connectivity index (χ0v) is 8.85. The molecule has 0 aromatic carbocycles. The molecule has 0 heterocycles. The standard InChI is InChI=1S/C9H20N2O2/c1-7(5-8(12)10-4)11-6-9(2,3)13/h7,11,13H,5-6H2,1-4H3,(H,10,12). The second-order valence-electron chi connectivity index (χ2n) is 3.97. The van der Waals surface area contributed by atoms with Crippen LogP contribution in [0.3, 0.4) is 0 Å². The lowest BCUT2D eigenvalue weighted by molar-refractivity contribution is -0.121. The van der Waals surface area contributed by atoms with Crippen LogP contribution in [0.25, 0.3) is 0 Å². The summed E-state index contributed by atoms with van der Waals surface area (Å²) in [5, 5.41) is 15.0. The maximum absolute atomic E-state index is 10.9. The Morgan fingerprint density at radius 2 is 2.08 bits per heavy atom. The van der Waals surface area contributed by atoms with Crippen LogP contribution in [0.1, 0.15) is 27.2 Å². The molecule has 78 valence electrons. The lowest BCUT2D eigenvalue weighted by Crippen LogP contribution is -2.41. The highest BCUT2D eigenvalue weighted by molar-refractivity contribution is 5.76. The summed E-state index contributed by atoms with van der Waals surface area (Å²) in [6.07, 6.45) is 0.437. The first-order valence-electron chi connectivity index (χ1n) is 4.51. The minimum Gasteiger partial charge on any atom is -0.389 e. The van der Waals surface area contributed by atoms with Crippen LogP contribution in [0.2, 0.25) is 0 Å². The highest BCUT2D eigenvalue weighted by Gasteiger charge is 2.14. The van der Waals surface area contributed by atoms with Crippen LogP contribution in [-0.2, 0) is 4.79 Å². The second-order valence-corrected chi connectivity index (χ2v) is 3.97. The van der Waals surface area contributed by atoms with E-state index in [1.807, 2.05) is 6.92 Å². The molecule has 0 aliphatic heterocycles. The van der Waals surface area contributed by atoms with Crippen LogP contribution in [0.4, 0.5) is 0 Å². The zero-order chi connectivity index (χ0) is 10.5. The molecule has 0 aromatic heterocycles. The van der Waals surface area contributed by atoms with Crippen molar-refractivity contribution in [2.75, 3.05) is 13.6 Å². The monoisotopic (exact) mass is 188 g/mol. The van der Waals surface area contributed by atoms with E-state index in [4.69, 9.17) is 0 Å². The first kappa shape index (κ1) is 12.4. The molecule has 3 N–H and O–H groups in total. The van der Waals surface area contributed by atoms with Gasteiger partial charge in [-0.1, -0.05) is 0 Å². The van der Waals surface area contributed by atoms with Crippen molar-refractivity contribution < 1.29 is 9.90 Å². The van der Waals surface area contributed by atoms with Gasteiger partial charge in [-0.25, -0.2) is 0 Å². The summed E-state index contributed by atoms with van der Waals surface area (Å²) in [4.78, 5) is 10.9. The Hall–Kier alpha value is -0.610. The van der Waals surface area contributed by atoms with Gasteiger partial charge in [-0.2, -0.15) is 0 Å². The van der Waals surface area contributed by atoms with Gasteiger partial charge in [0.05, 0.1) is 5.60 Å². The third kappa shape index (κ3) is 7.74. The van der Waals surface area contributed by atoms with Gasteiger partial charge in [0, 0.05) is 26.1 Å². The predicted octanol–water partition coefficient (Wildman–Crippen LogP) is -0.128. The molecular weight excluding hydrogens is 168 g/mol. The number of carbonyl (C=O) groups excluding carboxylic acids is 1. The topological polar surface area (TPSA) is 61.4 Å². The average molecular weight is 188 g/mol. The quantitative estimate of drug-likeness (QED) is 0.563. The predicted molar refractivity (Wildman–Crippen MR) is 52.4 cm³/mol. The number of amides is 1. The fraction of sp³-hybridized carbons (Fsp3) is 0.889. The van der Waals surface area contributed by atoms with E-state index in [9.17, 15) is 9.90 Å². The molecule has 0 saturated heterocycles. The molecule has 13 heavy (non-hydrogen) atoms. The van der Waals surface area contributed by atoms with Gasteiger partial charge in [0.1, 0.15) is 0 Å². The molecule has 0 fully saturated rings. The lowest BCUT2D eigenvalue weighted by atomic mass is 10.1. The molecular formula is C9H20N2O2. The second kappa shape index (κ2) is 5.19. The molecule has 4 heteroatoms. The van der Waals surface area contributed by atoms with Crippen molar-refractivity contribution in [2.24, 2.45) is 0 Å². The maximum Gasteiger partial charge on any atom is 0.221 e.